The molecule has 0 saturated heterocycles. The number of imidazole rings is 1. The highest BCUT2D eigenvalue weighted by molar-refractivity contribution is 7.97. The molecular formula is C17H26N4OS. The van der Waals surface area contributed by atoms with Gasteiger partial charge >= 0.3 is 0 Å². The second kappa shape index (κ2) is 8.93. The van der Waals surface area contributed by atoms with Gasteiger partial charge in [0.1, 0.15) is 12.4 Å². The summed E-state index contributed by atoms with van der Waals surface area (Å²) in [6, 6.07) is 7.98. The number of fused-ring (bicyclic) bond motifs is 1. The zero-order chi connectivity index (χ0) is 16.7. The van der Waals surface area contributed by atoms with E-state index in [0.29, 0.717) is 13.1 Å². The largest absolute Gasteiger partial charge is 0.353 e. The predicted octanol–water partition coefficient (Wildman–Crippen LogP) is 2.36. The molecule has 1 aromatic carbocycles. The normalized spacial score (nSPS) is 11.3. The van der Waals surface area contributed by atoms with Gasteiger partial charge in [0.2, 0.25) is 5.91 Å². The van der Waals surface area contributed by atoms with Gasteiger partial charge in [-0.25, -0.2) is 4.98 Å². The molecule has 2 rings (SSSR count). The van der Waals surface area contributed by atoms with Crippen molar-refractivity contribution in [3.05, 3.63) is 30.1 Å². The lowest BCUT2D eigenvalue weighted by Crippen LogP contribution is -2.36. The highest BCUT2D eigenvalue weighted by Crippen LogP contribution is 2.18. The molecule has 23 heavy (non-hydrogen) atoms. The summed E-state index contributed by atoms with van der Waals surface area (Å²) in [5.41, 5.74) is 1.97. The van der Waals surface area contributed by atoms with E-state index in [2.05, 4.69) is 29.0 Å². The maximum Gasteiger partial charge on any atom is 0.240 e. The quantitative estimate of drug-likeness (QED) is 0.765. The third-order valence-corrected chi connectivity index (χ3v) is 4.50. The highest BCUT2D eigenvalue weighted by Gasteiger charge is 2.13. The molecule has 0 bridgehead atoms. The molecular weight excluding hydrogens is 308 g/mol. The first kappa shape index (κ1) is 17.8. The molecule has 1 N–H and O–H groups in total. The standard InChI is InChI=1S/C17H26N4OS/c1-4-20(5-2)11-10-18-17(22)12-21-15-9-7-6-8-14(15)19-16(21)13-23-3/h6-9H,4-5,10-13H2,1-3H3,(H,18,22). The molecule has 1 heterocycles. The van der Waals surface area contributed by atoms with Crippen LogP contribution in [-0.2, 0) is 17.1 Å². The third kappa shape index (κ3) is 4.72. The lowest BCUT2D eigenvalue weighted by molar-refractivity contribution is -0.121. The molecule has 0 atom stereocenters. The molecule has 1 aromatic heterocycles. The lowest BCUT2D eigenvalue weighted by Gasteiger charge is -2.18. The Balaban J connectivity index is 2.02. The molecule has 1 amide bonds. The number of aromatic nitrogens is 2. The van der Waals surface area contributed by atoms with Crippen molar-refractivity contribution < 1.29 is 4.79 Å². The Kier molecular flexibility index (Phi) is 6.92. The van der Waals surface area contributed by atoms with Crippen LogP contribution in [0.5, 0.6) is 0 Å². The molecule has 2 aromatic rings. The summed E-state index contributed by atoms with van der Waals surface area (Å²) in [7, 11) is 0. The first-order chi connectivity index (χ1) is 11.2. The van der Waals surface area contributed by atoms with E-state index in [4.69, 9.17) is 0 Å². The molecule has 0 aliphatic heterocycles. The number of nitrogens with zero attached hydrogens (tertiary/aromatic N) is 3. The van der Waals surface area contributed by atoms with Crippen LogP contribution in [0.25, 0.3) is 11.0 Å². The summed E-state index contributed by atoms with van der Waals surface area (Å²) in [4.78, 5) is 19.2. The molecule has 5 nitrogen and oxygen atoms in total. The van der Waals surface area contributed by atoms with Crippen molar-refractivity contribution in [1.82, 2.24) is 19.8 Å². The summed E-state index contributed by atoms with van der Waals surface area (Å²) in [6.45, 7) is 8.20. The van der Waals surface area contributed by atoms with E-state index in [-0.39, 0.29) is 5.91 Å². The molecule has 0 spiro atoms. The van der Waals surface area contributed by atoms with Crippen LogP contribution in [0.3, 0.4) is 0 Å². The van der Waals surface area contributed by atoms with Gasteiger partial charge in [0, 0.05) is 13.1 Å². The van der Waals surface area contributed by atoms with Crippen molar-refractivity contribution in [2.75, 3.05) is 32.4 Å². The van der Waals surface area contributed by atoms with Crippen molar-refractivity contribution in [2.45, 2.75) is 26.1 Å². The van der Waals surface area contributed by atoms with E-state index < -0.39 is 0 Å². The van der Waals surface area contributed by atoms with Crippen LogP contribution in [0.2, 0.25) is 0 Å². The molecule has 6 heteroatoms. The van der Waals surface area contributed by atoms with Crippen molar-refractivity contribution >= 4 is 28.7 Å². The number of carbonyl (C=O) groups is 1. The maximum absolute atomic E-state index is 12.3. The molecule has 0 fully saturated rings. The predicted molar refractivity (Wildman–Crippen MR) is 97.7 cm³/mol. The average molecular weight is 334 g/mol. The van der Waals surface area contributed by atoms with E-state index in [1.807, 2.05) is 35.1 Å². The number of rotatable bonds is 9. The Morgan fingerprint density at radius 3 is 2.74 bits per heavy atom. The number of amides is 1. The van der Waals surface area contributed by atoms with E-state index in [1.165, 1.54) is 0 Å². The molecule has 126 valence electrons. The molecule has 0 aliphatic rings. The fourth-order valence-corrected chi connectivity index (χ4v) is 3.11. The Morgan fingerprint density at radius 2 is 2.04 bits per heavy atom. The first-order valence-corrected chi connectivity index (χ1v) is 9.51. The first-order valence-electron chi connectivity index (χ1n) is 8.11. The van der Waals surface area contributed by atoms with Crippen molar-refractivity contribution in [3.63, 3.8) is 0 Å². The van der Waals surface area contributed by atoms with Gasteiger partial charge in [0.15, 0.2) is 0 Å². The monoisotopic (exact) mass is 334 g/mol. The summed E-state index contributed by atoms with van der Waals surface area (Å²) in [5.74, 6) is 1.81. The molecule has 0 unspecified atom stereocenters. The lowest BCUT2D eigenvalue weighted by atomic mass is 10.3. The molecule has 0 saturated carbocycles. The van der Waals surface area contributed by atoms with Crippen LogP contribution in [0.15, 0.2) is 24.3 Å². The number of benzene rings is 1. The van der Waals surface area contributed by atoms with Crippen molar-refractivity contribution in [2.24, 2.45) is 0 Å². The average Bonchev–Trinajstić information content (AvgIpc) is 2.90. The van der Waals surface area contributed by atoms with Crippen molar-refractivity contribution in [3.8, 4) is 0 Å². The van der Waals surface area contributed by atoms with Gasteiger partial charge in [-0.15, -0.1) is 0 Å². The highest BCUT2D eigenvalue weighted by atomic mass is 32.2. The fourth-order valence-electron chi connectivity index (χ4n) is 2.63. The van der Waals surface area contributed by atoms with Gasteiger partial charge in [0.05, 0.1) is 16.8 Å². The minimum absolute atomic E-state index is 0.0441. The van der Waals surface area contributed by atoms with E-state index in [0.717, 1.165) is 42.2 Å². The summed E-state index contributed by atoms with van der Waals surface area (Å²) in [5, 5.41) is 3.02. The topological polar surface area (TPSA) is 50.2 Å². The van der Waals surface area contributed by atoms with Gasteiger partial charge in [-0.05, 0) is 31.5 Å². The smallest absolute Gasteiger partial charge is 0.240 e. The number of hydrogen-bond donors (Lipinski definition) is 1. The fraction of sp³-hybridized carbons (Fsp3) is 0.529. The minimum atomic E-state index is 0.0441. The van der Waals surface area contributed by atoms with Crippen LogP contribution in [-0.4, -0.2) is 52.8 Å². The number of nitrogens with one attached hydrogen (secondary N) is 1. The number of thioether (sulfide) groups is 1. The third-order valence-electron chi connectivity index (χ3n) is 3.95. The van der Waals surface area contributed by atoms with Gasteiger partial charge in [-0.3, -0.25) is 4.79 Å². The Hall–Kier alpha value is -1.53. The van der Waals surface area contributed by atoms with Crippen LogP contribution in [0.4, 0.5) is 0 Å². The zero-order valence-corrected chi connectivity index (χ0v) is 15.0. The Bertz CT molecular complexity index is 637. The summed E-state index contributed by atoms with van der Waals surface area (Å²) in [6.07, 6.45) is 2.05. The Labute approximate surface area is 142 Å². The second-order valence-corrected chi connectivity index (χ2v) is 6.28. The van der Waals surface area contributed by atoms with Gasteiger partial charge in [-0.2, -0.15) is 11.8 Å². The van der Waals surface area contributed by atoms with Crippen molar-refractivity contribution in [1.29, 1.82) is 0 Å². The van der Waals surface area contributed by atoms with E-state index >= 15 is 0 Å². The van der Waals surface area contributed by atoms with Gasteiger partial charge < -0.3 is 14.8 Å². The second-order valence-electron chi connectivity index (χ2n) is 5.41. The van der Waals surface area contributed by atoms with Gasteiger partial charge in [0.25, 0.3) is 0 Å². The van der Waals surface area contributed by atoms with Crippen LogP contribution in [0.1, 0.15) is 19.7 Å². The zero-order valence-electron chi connectivity index (χ0n) is 14.2. The molecule has 0 aliphatic carbocycles. The maximum atomic E-state index is 12.3. The van der Waals surface area contributed by atoms with Gasteiger partial charge in [-0.1, -0.05) is 26.0 Å². The van der Waals surface area contributed by atoms with E-state index in [9.17, 15) is 4.79 Å². The summed E-state index contributed by atoms with van der Waals surface area (Å²) >= 11 is 1.72. The SMILES string of the molecule is CCN(CC)CCNC(=O)Cn1c(CSC)nc2ccccc21. The van der Waals surface area contributed by atoms with Crippen LogP contribution < -0.4 is 5.32 Å². The number of carbonyl (C=O) groups excluding carboxylic acids is 1. The number of hydrogen-bond acceptors (Lipinski definition) is 4. The summed E-state index contributed by atoms with van der Waals surface area (Å²) < 4.78 is 2.03. The van der Waals surface area contributed by atoms with E-state index in [1.54, 1.807) is 11.8 Å². The van der Waals surface area contributed by atoms with Crippen LogP contribution in [0, 0.1) is 0 Å². The number of likely N-dealkylation sites (N-methyl/N-ethyl adjacent to an activating group) is 1. The van der Waals surface area contributed by atoms with Crippen LogP contribution >= 0.6 is 11.8 Å². The number of para-hydroxylation sites is 2. The Morgan fingerprint density at radius 1 is 1.30 bits per heavy atom. The minimum Gasteiger partial charge on any atom is -0.353 e. The molecule has 0 radical (unpaired) electrons.